The molecule has 0 amide bonds. The van der Waals surface area contributed by atoms with E-state index >= 15 is 0 Å². The average Bonchev–Trinajstić information content (AvgIpc) is 2.93. The first-order chi connectivity index (χ1) is 9.23. The molecule has 1 fully saturated rings. The Labute approximate surface area is 121 Å². The predicted molar refractivity (Wildman–Crippen MR) is 77.8 cm³/mol. The van der Waals surface area contributed by atoms with Crippen molar-refractivity contribution in [1.29, 1.82) is 0 Å². The van der Waals surface area contributed by atoms with Gasteiger partial charge in [-0.25, -0.2) is 12.7 Å². The lowest BCUT2D eigenvalue weighted by atomic mass is 9.87. The van der Waals surface area contributed by atoms with Gasteiger partial charge < -0.3 is 9.73 Å². The Morgan fingerprint density at radius 2 is 2.10 bits per heavy atom. The lowest BCUT2D eigenvalue weighted by molar-refractivity contribution is 0.272. The minimum Gasteiger partial charge on any atom is -0.447 e. The van der Waals surface area contributed by atoms with E-state index in [0.717, 1.165) is 10.7 Å². The fourth-order valence-electron chi connectivity index (χ4n) is 2.70. The van der Waals surface area contributed by atoms with Crippen molar-refractivity contribution in [2.75, 3.05) is 14.1 Å². The van der Waals surface area contributed by atoms with Crippen molar-refractivity contribution >= 4 is 10.0 Å². The van der Waals surface area contributed by atoms with Gasteiger partial charge in [0.1, 0.15) is 5.76 Å². The van der Waals surface area contributed by atoms with Crippen LogP contribution in [0.1, 0.15) is 38.9 Å². The molecule has 1 N–H and O–H groups in total. The van der Waals surface area contributed by atoms with Crippen molar-refractivity contribution in [3.63, 3.8) is 0 Å². The maximum Gasteiger partial charge on any atom is 0.275 e. The number of furan rings is 1. The lowest BCUT2D eigenvalue weighted by Gasteiger charge is -2.27. The van der Waals surface area contributed by atoms with Crippen molar-refractivity contribution in [3.8, 4) is 0 Å². The first kappa shape index (κ1) is 15.5. The zero-order chi connectivity index (χ0) is 15.0. The highest BCUT2D eigenvalue weighted by atomic mass is 32.2. The fourth-order valence-corrected chi connectivity index (χ4v) is 3.51. The molecule has 1 saturated carbocycles. The summed E-state index contributed by atoms with van der Waals surface area (Å²) in [6, 6.07) is 3.71. The maximum atomic E-state index is 11.9. The molecule has 6 heteroatoms. The lowest BCUT2D eigenvalue weighted by Crippen LogP contribution is -2.37. The predicted octanol–water partition coefficient (Wildman–Crippen LogP) is 2.20. The second-order valence-corrected chi connectivity index (χ2v) is 8.41. The Morgan fingerprint density at radius 3 is 2.65 bits per heavy atom. The summed E-state index contributed by atoms with van der Waals surface area (Å²) in [6.07, 6.45) is 3.63. The Bertz CT molecular complexity index is 561. The van der Waals surface area contributed by atoms with E-state index in [1.807, 2.05) is 0 Å². The maximum absolute atomic E-state index is 11.9. The van der Waals surface area contributed by atoms with Crippen LogP contribution >= 0.6 is 0 Å². The van der Waals surface area contributed by atoms with Crippen LogP contribution in [0, 0.1) is 5.41 Å². The van der Waals surface area contributed by atoms with Gasteiger partial charge >= 0.3 is 0 Å². The highest BCUT2D eigenvalue weighted by Gasteiger charge is 2.34. The van der Waals surface area contributed by atoms with Gasteiger partial charge in [0.15, 0.2) is 0 Å². The zero-order valence-corrected chi connectivity index (χ0v) is 13.5. The number of nitrogens with one attached hydrogen (secondary N) is 1. The van der Waals surface area contributed by atoms with Crippen LogP contribution in [0.3, 0.4) is 0 Å². The molecule has 5 nitrogen and oxygen atoms in total. The molecule has 0 saturated heterocycles. The monoisotopic (exact) mass is 300 g/mol. The summed E-state index contributed by atoms with van der Waals surface area (Å²) < 4.78 is 30.4. The van der Waals surface area contributed by atoms with Gasteiger partial charge in [-0.2, -0.15) is 0 Å². The highest BCUT2D eigenvalue weighted by molar-refractivity contribution is 7.88. The molecule has 1 aromatic rings. The molecule has 2 rings (SSSR count). The van der Waals surface area contributed by atoms with E-state index in [4.69, 9.17) is 4.42 Å². The van der Waals surface area contributed by atoms with Crippen molar-refractivity contribution in [2.24, 2.45) is 5.41 Å². The quantitative estimate of drug-likeness (QED) is 0.905. The zero-order valence-electron chi connectivity index (χ0n) is 12.6. The van der Waals surface area contributed by atoms with Crippen LogP contribution in [0.2, 0.25) is 0 Å². The standard InChI is InChI=1S/C14H24N2O3S/c1-14(2)9-5-6-12(14)15-10-11-7-8-13(19-11)20(17,18)16(3)4/h7-8,12,15H,5-6,9-10H2,1-4H3. The summed E-state index contributed by atoms with van der Waals surface area (Å²) in [5, 5.41) is 3.48. The van der Waals surface area contributed by atoms with E-state index in [0.29, 0.717) is 23.8 Å². The largest absolute Gasteiger partial charge is 0.447 e. The van der Waals surface area contributed by atoms with E-state index in [9.17, 15) is 8.42 Å². The van der Waals surface area contributed by atoms with E-state index in [-0.39, 0.29) is 5.09 Å². The van der Waals surface area contributed by atoms with Gasteiger partial charge in [-0.15, -0.1) is 0 Å². The third kappa shape index (κ3) is 3.07. The molecule has 1 aliphatic carbocycles. The van der Waals surface area contributed by atoms with Gasteiger partial charge in [-0.3, -0.25) is 0 Å². The molecule has 0 spiro atoms. The van der Waals surface area contributed by atoms with Crippen LogP contribution in [0.15, 0.2) is 21.6 Å². The second-order valence-electron chi connectivity index (χ2n) is 6.32. The van der Waals surface area contributed by atoms with E-state index < -0.39 is 10.0 Å². The van der Waals surface area contributed by atoms with Crippen LogP contribution in [-0.4, -0.2) is 32.9 Å². The summed E-state index contributed by atoms with van der Waals surface area (Å²) in [5.74, 6) is 0.660. The number of hydrogen-bond acceptors (Lipinski definition) is 4. The van der Waals surface area contributed by atoms with Crippen LogP contribution in [-0.2, 0) is 16.6 Å². The third-order valence-electron chi connectivity index (χ3n) is 4.15. The topological polar surface area (TPSA) is 62.6 Å². The van der Waals surface area contributed by atoms with Crippen LogP contribution in [0.5, 0.6) is 0 Å². The summed E-state index contributed by atoms with van der Waals surface area (Å²) in [4.78, 5) is 0. The first-order valence-corrected chi connectivity index (χ1v) is 8.42. The smallest absolute Gasteiger partial charge is 0.275 e. The van der Waals surface area contributed by atoms with Gasteiger partial charge in [-0.1, -0.05) is 20.3 Å². The van der Waals surface area contributed by atoms with Crippen molar-refractivity contribution in [3.05, 3.63) is 17.9 Å². The molecule has 1 heterocycles. The molecule has 114 valence electrons. The van der Waals surface area contributed by atoms with Gasteiger partial charge in [0, 0.05) is 20.1 Å². The number of nitrogens with zero attached hydrogens (tertiary/aromatic N) is 1. The van der Waals surface area contributed by atoms with Crippen LogP contribution in [0.25, 0.3) is 0 Å². The Hall–Kier alpha value is -0.850. The molecule has 1 aliphatic rings. The van der Waals surface area contributed by atoms with Gasteiger partial charge in [0.25, 0.3) is 10.0 Å². The molecule has 0 aromatic carbocycles. The number of hydrogen-bond donors (Lipinski definition) is 1. The Balaban J connectivity index is 2.01. The number of sulfonamides is 1. The van der Waals surface area contributed by atoms with Crippen LogP contribution < -0.4 is 5.32 Å². The van der Waals surface area contributed by atoms with Gasteiger partial charge in [0.05, 0.1) is 6.54 Å². The molecule has 20 heavy (non-hydrogen) atoms. The van der Waals surface area contributed by atoms with E-state index in [1.54, 1.807) is 6.07 Å². The Morgan fingerprint density at radius 1 is 1.40 bits per heavy atom. The van der Waals surface area contributed by atoms with Crippen molar-refractivity contribution in [1.82, 2.24) is 9.62 Å². The molecular weight excluding hydrogens is 276 g/mol. The molecule has 1 unspecified atom stereocenters. The molecule has 0 radical (unpaired) electrons. The second kappa shape index (κ2) is 5.50. The Kier molecular flexibility index (Phi) is 4.27. The highest BCUT2D eigenvalue weighted by Crippen LogP contribution is 2.37. The first-order valence-electron chi connectivity index (χ1n) is 6.98. The van der Waals surface area contributed by atoms with Gasteiger partial charge in [-0.05, 0) is 30.4 Å². The minimum absolute atomic E-state index is 0.00461. The summed E-state index contributed by atoms with van der Waals surface area (Å²) >= 11 is 0. The van der Waals surface area contributed by atoms with Crippen LogP contribution in [0.4, 0.5) is 0 Å². The van der Waals surface area contributed by atoms with Gasteiger partial charge in [0.2, 0.25) is 5.09 Å². The average molecular weight is 300 g/mol. The molecule has 1 aromatic heterocycles. The summed E-state index contributed by atoms with van der Waals surface area (Å²) in [5.41, 5.74) is 0.297. The van der Waals surface area contributed by atoms with E-state index in [1.165, 1.54) is 33.0 Å². The summed E-state index contributed by atoms with van der Waals surface area (Å²) in [7, 11) is -0.484. The third-order valence-corrected chi connectivity index (χ3v) is 5.84. The molecule has 0 aliphatic heterocycles. The fraction of sp³-hybridized carbons (Fsp3) is 0.714. The minimum atomic E-state index is -3.48. The molecule has 1 atom stereocenters. The number of rotatable bonds is 5. The normalized spacial score (nSPS) is 22.6. The SMILES string of the molecule is CN(C)S(=O)(=O)c1ccc(CNC2CCCC2(C)C)o1. The molecule has 0 bridgehead atoms. The summed E-state index contributed by atoms with van der Waals surface area (Å²) in [6.45, 7) is 5.10. The van der Waals surface area contributed by atoms with Crippen molar-refractivity contribution < 1.29 is 12.8 Å². The van der Waals surface area contributed by atoms with E-state index in [2.05, 4.69) is 19.2 Å². The van der Waals surface area contributed by atoms with Crippen molar-refractivity contribution in [2.45, 2.75) is 50.8 Å². The molecular formula is C14H24N2O3S.